The van der Waals surface area contributed by atoms with Crippen molar-refractivity contribution in [1.82, 2.24) is 0 Å². The lowest BCUT2D eigenvalue weighted by molar-refractivity contribution is -0.137. The zero-order valence-electron chi connectivity index (χ0n) is 13.1. The lowest BCUT2D eigenvalue weighted by Gasteiger charge is -2.17. The van der Waals surface area contributed by atoms with Crippen LogP contribution in [-0.2, 0) is 11.0 Å². The molecule has 0 radical (unpaired) electrons. The summed E-state index contributed by atoms with van der Waals surface area (Å²) in [5, 5.41) is 8.17. The second kappa shape index (κ2) is 7.07. The minimum absolute atomic E-state index is 0.0820. The average molecular weight is 343 g/mol. The fourth-order valence-corrected chi connectivity index (χ4v) is 3.99. The number of Topliss-reactive ketones (excluding diaryl/α,β-unsaturated/α-hetero) is 1. The normalized spacial score (nSPS) is 23.3. The molecule has 2 nitrogen and oxygen atoms in total. The van der Waals surface area contributed by atoms with E-state index in [1.54, 1.807) is 11.8 Å². The van der Waals surface area contributed by atoms with Crippen LogP contribution in [0.4, 0.5) is 13.2 Å². The number of benzene rings is 1. The Labute approximate surface area is 138 Å². The van der Waals surface area contributed by atoms with E-state index >= 15 is 0 Å². The fourth-order valence-electron chi connectivity index (χ4n) is 2.92. The van der Waals surface area contributed by atoms with Gasteiger partial charge in [0.05, 0.1) is 11.5 Å². The van der Waals surface area contributed by atoms with Gasteiger partial charge in [-0.3, -0.25) is 4.79 Å². The molecule has 1 N–H and O–H groups in total. The van der Waals surface area contributed by atoms with Crippen LogP contribution in [-0.4, -0.2) is 22.5 Å². The highest BCUT2D eigenvalue weighted by Gasteiger charge is 2.42. The zero-order chi connectivity index (χ0) is 17.2. The van der Waals surface area contributed by atoms with Gasteiger partial charge in [0.2, 0.25) is 0 Å². The monoisotopic (exact) mass is 343 g/mol. The van der Waals surface area contributed by atoms with E-state index in [2.05, 4.69) is 6.92 Å². The first-order chi connectivity index (χ1) is 10.8. The highest BCUT2D eigenvalue weighted by molar-refractivity contribution is 7.99. The smallest absolute Gasteiger partial charge is 0.309 e. The molecule has 1 aliphatic carbocycles. The summed E-state index contributed by atoms with van der Waals surface area (Å²) >= 11 is 1.69. The molecule has 0 aliphatic heterocycles. The van der Waals surface area contributed by atoms with Gasteiger partial charge in [-0.25, -0.2) is 0 Å². The number of alkyl halides is 3. The lowest BCUT2D eigenvalue weighted by Crippen LogP contribution is -2.22. The van der Waals surface area contributed by atoms with Crippen molar-refractivity contribution in [2.75, 3.05) is 5.75 Å². The molecule has 1 aromatic rings. The van der Waals surface area contributed by atoms with Crippen LogP contribution in [0.15, 0.2) is 24.3 Å². The van der Waals surface area contributed by atoms with Crippen molar-refractivity contribution in [2.45, 2.75) is 44.0 Å². The Hall–Kier alpha value is -1.30. The molecule has 23 heavy (non-hydrogen) atoms. The molecule has 0 aromatic heterocycles. The number of hydrogen-bond donors (Lipinski definition) is 1. The molecule has 1 aliphatic rings. The number of thioether (sulfide) groups is 1. The largest absolute Gasteiger partial charge is 0.416 e. The second-order valence-corrected chi connectivity index (χ2v) is 7.36. The summed E-state index contributed by atoms with van der Waals surface area (Å²) in [5.41, 5.74) is -0.263. The number of carbonyl (C=O) groups excluding carboxylic acids is 1. The van der Waals surface area contributed by atoms with E-state index < -0.39 is 17.7 Å². The number of rotatable bonds is 5. The summed E-state index contributed by atoms with van der Waals surface area (Å²) in [6, 6.07) is 4.81. The molecule has 1 fully saturated rings. The van der Waals surface area contributed by atoms with Crippen LogP contribution in [0.3, 0.4) is 0 Å². The number of ketones is 1. The van der Waals surface area contributed by atoms with Gasteiger partial charge < -0.3 is 5.41 Å². The summed E-state index contributed by atoms with van der Waals surface area (Å²) in [6.07, 6.45) is -3.09. The number of hydrogen-bond acceptors (Lipinski definition) is 3. The predicted molar refractivity (Wildman–Crippen MR) is 87.2 cm³/mol. The standard InChI is InChI=1S/C17H20F3NOS/c1-3-7-23-10(2)13-9-14(21)15(16(13)22)11-5-4-6-12(8-11)17(18,19)20/h4-6,8,10,13,15,21H,3,7,9H2,1-2H3. The van der Waals surface area contributed by atoms with Crippen LogP contribution < -0.4 is 0 Å². The van der Waals surface area contributed by atoms with E-state index in [1.807, 2.05) is 6.92 Å². The molecule has 1 saturated carbocycles. The van der Waals surface area contributed by atoms with Gasteiger partial charge in [-0.2, -0.15) is 24.9 Å². The molecule has 3 unspecified atom stereocenters. The molecule has 3 atom stereocenters. The van der Waals surface area contributed by atoms with Gasteiger partial charge in [0.15, 0.2) is 0 Å². The Morgan fingerprint density at radius 1 is 1.39 bits per heavy atom. The molecule has 0 bridgehead atoms. The van der Waals surface area contributed by atoms with Gasteiger partial charge in [0.1, 0.15) is 5.78 Å². The maximum atomic E-state index is 12.9. The van der Waals surface area contributed by atoms with Crippen LogP contribution >= 0.6 is 11.8 Å². The molecule has 0 saturated heterocycles. The first-order valence-corrected chi connectivity index (χ1v) is 8.70. The van der Waals surface area contributed by atoms with E-state index in [0.29, 0.717) is 6.42 Å². The second-order valence-electron chi connectivity index (χ2n) is 5.87. The fraction of sp³-hybridized carbons (Fsp3) is 0.529. The predicted octanol–water partition coefficient (Wildman–Crippen LogP) is 4.93. The third kappa shape index (κ3) is 3.97. The van der Waals surface area contributed by atoms with Crippen molar-refractivity contribution in [3.05, 3.63) is 35.4 Å². The van der Waals surface area contributed by atoms with Crippen molar-refractivity contribution >= 4 is 23.3 Å². The van der Waals surface area contributed by atoms with Crippen LogP contribution in [0, 0.1) is 11.3 Å². The summed E-state index contributed by atoms with van der Waals surface area (Å²) in [5.74, 6) is -0.289. The van der Waals surface area contributed by atoms with Gasteiger partial charge in [-0.1, -0.05) is 32.0 Å². The van der Waals surface area contributed by atoms with Crippen LogP contribution in [0.5, 0.6) is 0 Å². The zero-order valence-corrected chi connectivity index (χ0v) is 13.9. The number of carbonyl (C=O) groups is 1. The molecule has 0 amide bonds. The quantitative estimate of drug-likeness (QED) is 0.823. The van der Waals surface area contributed by atoms with Crippen LogP contribution in [0.2, 0.25) is 0 Å². The molecule has 2 rings (SSSR count). The third-order valence-electron chi connectivity index (χ3n) is 4.14. The molecule has 0 spiro atoms. The SMILES string of the molecule is CCCSC(C)C1CC(=N)C(c2cccc(C(F)(F)F)c2)C1=O. The minimum atomic E-state index is -4.44. The van der Waals surface area contributed by atoms with Crippen molar-refractivity contribution in [2.24, 2.45) is 5.92 Å². The first-order valence-electron chi connectivity index (χ1n) is 7.65. The maximum Gasteiger partial charge on any atom is 0.416 e. The van der Waals surface area contributed by atoms with Gasteiger partial charge >= 0.3 is 6.18 Å². The molecule has 126 valence electrons. The van der Waals surface area contributed by atoms with E-state index in [9.17, 15) is 18.0 Å². The highest BCUT2D eigenvalue weighted by atomic mass is 32.2. The van der Waals surface area contributed by atoms with Crippen molar-refractivity contribution in [3.63, 3.8) is 0 Å². The Bertz CT molecular complexity index is 600. The number of nitrogens with one attached hydrogen (secondary N) is 1. The van der Waals surface area contributed by atoms with E-state index in [1.165, 1.54) is 12.1 Å². The van der Waals surface area contributed by atoms with E-state index in [-0.39, 0.29) is 28.2 Å². The average Bonchev–Trinajstić information content (AvgIpc) is 2.79. The summed E-state index contributed by atoms with van der Waals surface area (Å²) in [6.45, 7) is 4.02. The lowest BCUT2D eigenvalue weighted by atomic mass is 9.92. The van der Waals surface area contributed by atoms with Crippen LogP contribution in [0.25, 0.3) is 0 Å². The van der Waals surface area contributed by atoms with Crippen molar-refractivity contribution in [1.29, 1.82) is 5.41 Å². The van der Waals surface area contributed by atoms with Gasteiger partial charge in [-0.15, -0.1) is 0 Å². The van der Waals surface area contributed by atoms with E-state index in [4.69, 9.17) is 5.41 Å². The Balaban J connectivity index is 2.24. The molecule has 6 heteroatoms. The maximum absolute atomic E-state index is 12.9. The Kier molecular flexibility index (Phi) is 5.55. The Morgan fingerprint density at radius 2 is 2.09 bits per heavy atom. The molecular weight excluding hydrogens is 323 g/mol. The minimum Gasteiger partial charge on any atom is -0.309 e. The summed E-state index contributed by atoms with van der Waals surface area (Å²) < 4.78 is 38.6. The van der Waals surface area contributed by atoms with E-state index in [0.717, 1.165) is 24.3 Å². The van der Waals surface area contributed by atoms with Gasteiger partial charge in [-0.05, 0) is 30.2 Å². The number of halogens is 3. The third-order valence-corrected chi connectivity index (χ3v) is 5.64. The Morgan fingerprint density at radius 3 is 2.70 bits per heavy atom. The van der Waals surface area contributed by atoms with Crippen molar-refractivity contribution in [3.8, 4) is 0 Å². The summed E-state index contributed by atoms with van der Waals surface area (Å²) in [4.78, 5) is 12.6. The molecular formula is C17H20F3NOS. The topological polar surface area (TPSA) is 40.9 Å². The summed E-state index contributed by atoms with van der Waals surface area (Å²) in [7, 11) is 0. The van der Waals surface area contributed by atoms with Crippen LogP contribution in [0.1, 0.15) is 43.7 Å². The first kappa shape index (κ1) is 18.0. The van der Waals surface area contributed by atoms with Gasteiger partial charge in [0.25, 0.3) is 0 Å². The molecule has 1 aromatic carbocycles. The van der Waals surface area contributed by atoms with Gasteiger partial charge in [0, 0.05) is 16.9 Å². The van der Waals surface area contributed by atoms with Crippen molar-refractivity contribution < 1.29 is 18.0 Å². The highest BCUT2D eigenvalue weighted by Crippen LogP contribution is 2.39. The molecule has 0 heterocycles.